The summed E-state index contributed by atoms with van der Waals surface area (Å²) in [6, 6.07) is 0.443. The Morgan fingerprint density at radius 3 is 2.50 bits per heavy atom. The normalized spacial score (nSPS) is 21.6. The molecule has 0 aromatic heterocycles. The van der Waals surface area contributed by atoms with Crippen LogP contribution in [0.1, 0.15) is 46.0 Å². The summed E-state index contributed by atoms with van der Waals surface area (Å²) in [5.74, 6) is -0.0674. The van der Waals surface area contributed by atoms with Crippen molar-refractivity contribution in [3.63, 3.8) is 0 Å². The number of rotatable bonds is 6. The fraction of sp³-hybridized carbons (Fsp3) is 0.909. The van der Waals surface area contributed by atoms with Gasteiger partial charge in [-0.15, -0.1) is 0 Å². The number of carbonyl (C=O) groups excluding carboxylic acids is 1. The van der Waals surface area contributed by atoms with Gasteiger partial charge in [0, 0.05) is 12.5 Å². The molecule has 1 saturated heterocycles. The van der Waals surface area contributed by atoms with Gasteiger partial charge in [0.05, 0.1) is 6.61 Å². The van der Waals surface area contributed by atoms with E-state index in [1.165, 1.54) is 12.8 Å². The third-order valence-electron chi connectivity index (χ3n) is 2.65. The first-order valence-electron chi connectivity index (χ1n) is 5.70. The maximum atomic E-state index is 11.2. The molecule has 0 aromatic rings. The van der Waals surface area contributed by atoms with Crippen molar-refractivity contribution in [3.8, 4) is 0 Å². The van der Waals surface area contributed by atoms with Crippen molar-refractivity contribution in [1.82, 2.24) is 5.32 Å². The van der Waals surface area contributed by atoms with Crippen LogP contribution in [0.25, 0.3) is 0 Å². The summed E-state index contributed by atoms with van der Waals surface area (Å²) in [4.78, 5) is 11.2. The second kappa shape index (κ2) is 6.02. The zero-order chi connectivity index (χ0) is 10.4. The molecular weight excluding hydrogens is 178 g/mol. The maximum Gasteiger partial charge on any atom is 0.323 e. The van der Waals surface area contributed by atoms with E-state index in [0.29, 0.717) is 12.6 Å². The first-order chi connectivity index (χ1) is 6.77. The summed E-state index contributed by atoms with van der Waals surface area (Å²) < 4.78 is 4.92. The van der Waals surface area contributed by atoms with E-state index >= 15 is 0 Å². The van der Waals surface area contributed by atoms with Crippen LogP contribution in [-0.4, -0.2) is 24.7 Å². The number of hydrogen-bond acceptors (Lipinski definition) is 3. The van der Waals surface area contributed by atoms with Crippen molar-refractivity contribution in [3.05, 3.63) is 0 Å². The van der Waals surface area contributed by atoms with Crippen molar-refractivity contribution >= 4 is 5.97 Å². The van der Waals surface area contributed by atoms with Crippen LogP contribution in [0.2, 0.25) is 0 Å². The summed E-state index contributed by atoms with van der Waals surface area (Å²) in [6.45, 7) is 4.94. The highest BCUT2D eigenvalue weighted by atomic mass is 16.5. The number of hydrogen-bond donors (Lipinski definition) is 1. The molecular formula is C11H21NO2. The van der Waals surface area contributed by atoms with Gasteiger partial charge in [0.1, 0.15) is 6.04 Å². The van der Waals surface area contributed by atoms with Gasteiger partial charge in [-0.05, 0) is 12.8 Å². The van der Waals surface area contributed by atoms with E-state index in [1.807, 2.05) is 0 Å². The van der Waals surface area contributed by atoms with Crippen molar-refractivity contribution < 1.29 is 9.53 Å². The van der Waals surface area contributed by atoms with Gasteiger partial charge in [-0.25, -0.2) is 0 Å². The first kappa shape index (κ1) is 11.5. The number of nitrogens with one attached hydrogen (secondary N) is 1. The minimum absolute atomic E-state index is 0.0434. The Kier molecular flexibility index (Phi) is 4.94. The maximum absolute atomic E-state index is 11.2. The molecule has 1 unspecified atom stereocenters. The molecule has 1 aliphatic heterocycles. The highest BCUT2D eigenvalue weighted by molar-refractivity contribution is 5.77. The number of esters is 1. The van der Waals surface area contributed by atoms with Crippen LogP contribution in [0.15, 0.2) is 0 Å². The molecule has 0 saturated carbocycles. The summed E-state index contributed by atoms with van der Waals surface area (Å²) >= 11 is 0. The van der Waals surface area contributed by atoms with Gasteiger partial charge in [-0.1, -0.05) is 26.7 Å². The van der Waals surface area contributed by atoms with Crippen LogP contribution >= 0.6 is 0 Å². The topological polar surface area (TPSA) is 38.3 Å². The Bertz CT molecular complexity index is 176. The van der Waals surface area contributed by atoms with Crippen LogP contribution < -0.4 is 5.32 Å². The lowest BCUT2D eigenvalue weighted by Gasteiger charge is -2.19. The summed E-state index contributed by atoms with van der Waals surface area (Å²) in [6.07, 6.45) is 5.47. The van der Waals surface area contributed by atoms with Crippen LogP contribution in [0, 0.1) is 0 Å². The molecule has 0 aliphatic carbocycles. The monoisotopic (exact) mass is 199 g/mol. The summed E-state index contributed by atoms with van der Waals surface area (Å²) in [5, 5.41) is 3.39. The largest absolute Gasteiger partial charge is 0.464 e. The van der Waals surface area contributed by atoms with E-state index in [0.717, 1.165) is 19.3 Å². The molecule has 1 fully saturated rings. The minimum Gasteiger partial charge on any atom is -0.464 e. The highest BCUT2D eigenvalue weighted by Gasteiger charge is 2.27. The lowest BCUT2D eigenvalue weighted by atomic mass is 10.1. The smallest absolute Gasteiger partial charge is 0.323 e. The number of ether oxygens (including phenoxy) is 1. The predicted octanol–water partition coefficient (Wildman–Crippen LogP) is 1.86. The quantitative estimate of drug-likeness (QED) is 0.664. The first-order valence-corrected chi connectivity index (χ1v) is 5.70. The van der Waals surface area contributed by atoms with E-state index < -0.39 is 0 Å². The van der Waals surface area contributed by atoms with Gasteiger partial charge in [-0.2, -0.15) is 0 Å². The van der Waals surface area contributed by atoms with Gasteiger partial charge in [0.15, 0.2) is 0 Å². The zero-order valence-corrected chi connectivity index (χ0v) is 9.21. The Balaban J connectivity index is 2.33. The third kappa shape index (κ3) is 3.29. The lowest BCUT2D eigenvalue weighted by Crippen LogP contribution is -2.40. The fourth-order valence-corrected chi connectivity index (χ4v) is 1.94. The van der Waals surface area contributed by atoms with Crippen LogP contribution in [0.4, 0.5) is 0 Å². The summed E-state index contributed by atoms with van der Waals surface area (Å²) in [7, 11) is 0. The Hall–Kier alpha value is -0.570. The molecule has 1 aliphatic rings. The molecule has 0 bridgehead atoms. The van der Waals surface area contributed by atoms with Crippen LogP contribution in [0.3, 0.4) is 0 Å². The predicted molar refractivity (Wildman–Crippen MR) is 56.1 cm³/mol. The van der Waals surface area contributed by atoms with Gasteiger partial charge in [-0.3, -0.25) is 4.79 Å². The SMILES string of the molecule is CCCC(CCC)NC1CCOC1=O. The third-order valence-corrected chi connectivity index (χ3v) is 2.65. The highest BCUT2D eigenvalue weighted by Crippen LogP contribution is 2.11. The van der Waals surface area contributed by atoms with E-state index in [9.17, 15) is 4.79 Å². The molecule has 82 valence electrons. The van der Waals surface area contributed by atoms with Crippen molar-refractivity contribution in [2.24, 2.45) is 0 Å². The fourth-order valence-electron chi connectivity index (χ4n) is 1.94. The molecule has 0 amide bonds. The van der Waals surface area contributed by atoms with Gasteiger partial charge in [0.2, 0.25) is 0 Å². The van der Waals surface area contributed by atoms with Crippen molar-refractivity contribution in [1.29, 1.82) is 0 Å². The number of cyclic esters (lactones) is 1. The van der Waals surface area contributed by atoms with Gasteiger partial charge < -0.3 is 10.1 Å². The Morgan fingerprint density at radius 2 is 2.07 bits per heavy atom. The minimum atomic E-state index is -0.0674. The molecule has 1 N–H and O–H groups in total. The average Bonchev–Trinajstić information content (AvgIpc) is 2.53. The van der Waals surface area contributed by atoms with Crippen molar-refractivity contribution in [2.75, 3.05) is 6.61 Å². The molecule has 1 heterocycles. The van der Waals surface area contributed by atoms with E-state index in [2.05, 4.69) is 19.2 Å². The molecule has 1 atom stereocenters. The van der Waals surface area contributed by atoms with E-state index in [1.54, 1.807) is 0 Å². The van der Waals surface area contributed by atoms with E-state index in [-0.39, 0.29) is 12.0 Å². The molecule has 0 spiro atoms. The average molecular weight is 199 g/mol. The molecule has 0 radical (unpaired) electrons. The molecule has 0 aromatic carbocycles. The van der Waals surface area contributed by atoms with Crippen molar-refractivity contribution in [2.45, 2.75) is 58.0 Å². The Labute approximate surface area is 86.2 Å². The lowest BCUT2D eigenvalue weighted by molar-refractivity contribution is -0.139. The van der Waals surface area contributed by atoms with E-state index in [4.69, 9.17) is 4.74 Å². The molecule has 1 rings (SSSR count). The Morgan fingerprint density at radius 1 is 1.43 bits per heavy atom. The number of carbonyl (C=O) groups is 1. The molecule has 14 heavy (non-hydrogen) atoms. The molecule has 3 heteroatoms. The van der Waals surface area contributed by atoms with Gasteiger partial charge >= 0.3 is 5.97 Å². The van der Waals surface area contributed by atoms with Crippen LogP contribution in [-0.2, 0) is 9.53 Å². The second-order valence-corrected chi connectivity index (χ2v) is 3.95. The van der Waals surface area contributed by atoms with Gasteiger partial charge in [0.25, 0.3) is 0 Å². The van der Waals surface area contributed by atoms with Crippen LogP contribution in [0.5, 0.6) is 0 Å². The summed E-state index contributed by atoms with van der Waals surface area (Å²) in [5.41, 5.74) is 0. The second-order valence-electron chi connectivity index (χ2n) is 3.95. The zero-order valence-electron chi connectivity index (χ0n) is 9.21. The standard InChI is InChI=1S/C11H21NO2/c1-3-5-9(6-4-2)12-10-7-8-14-11(10)13/h9-10,12H,3-8H2,1-2H3. The molecule has 3 nitrogen and oxygen atoms in total.